The number of aromatic nitrogens is 4. The molecule has 0 radical (unpaired) electrons. The fourth-order valence-corrected chi connectivity index (χ4v) is 5.14. The quantitative estimate of drug-likeness (QED) is 0.340. The van der Waals surface area contributed by atoms with Crippen LogP contribution in [0.25, 0.3) is 28.0 Å². The van der Waals surface area contributed by atoms with Gasteiger partial charge in [0.15, 0.2) is 11.5 Å². The number of nitrogens with one attached hydrogen (secondary N) is 1. The van der Waals surface area contributed by atoms with E-state index in [9.17, 15) is 22.4 Å². The molecule has 210 valence electrons. The van der Waals surface area contributed by atoms with Crippen molar-refractivity contribution in [1.29, 1.82) is 0 Å². The molecule has 0 aliphatic carbocycles. The summed E-state index contributed by atoms with van der Waals surface area (Å²) in [4.78, 5) is 28.6. The van der Waals surface area contributed by atoms with E-state index >= 15 is 4.39 Å². The lowest BCUT2D eigenvalue weighted by atomic mass is 10.0. The lowest BCUT2D eigenvalue weighted by Gasteiger charge is -2.35. The van der Waals surface area contributed by atoms with Crippen LogP contribution in [0.4, 0.5) is 27.8 Å². The van der Waals surface area contributed by atoms with E-state index in [0.717, 1.165) is 22.8 Å². The second kappa shape index (κ2) is 10.2. The topological polar surface area (TPSA) is 75.9 Å². The monoisotopic (exact) mass is 558 g/mol. The molecule has 1 aliphatic rings. The summed E-state index contributed by atoms with van der Waals surface area (Å²) in [6.07, 6.45) is -3.40. The van der Waals surface area contributed by atoms with Gasteiger partial charge in [0, 0.05) is 31.9 Å². The summed E-state index contributed by atoms with van der Waals surface area (Å²) in [6, 6.07) is 4.91. The average Bonchev–Trinajstić information content (AvgIpc) is 2.88. The van der Waals surface area contributed by atoms with Crippen LogP contribution >= 0.6 is 0 Å². The van der Waals surface area contributed by atoms with E-state index < -0.39 is 40.3 Å². The van der Waals surface area contributed by atoms with Crippen LogP contribution in [0.5, 0.6) is 0 Å². The summed E-state index contributed by atoms with van der Waals surface area (Å²) < 4.78 is 73.6. The van der Waals surface area contributed by atoms with Crippen LogP contribution in [-0.2, 0) is 6.18 Å². The molecule has 1 unspecified atom stereocenters. The van der Waals surface area contributed by atoms with Crippen molar-refractivity contribution in [1.82, 2.24) is 24.8 Å². The maximum absolute atomic E-state index is 15.8. The number of aryl methyl sites for hydroxylation is 1. The van der Waals surface area contributed by atoms with Crippen LogP contribution in [-0.4, -0.2) is 45.2 Å². The number of hydrogen-bond acceptors (Lipinski definition) is 6. The number of halogens is 5. The normalized spacial score (nSPS) is 16.2. The summed E-state index contributed by atoms with van der Waals surface area (Å²) in [7, 11) is 0. The molecule has 0 bridgehead atoms. The lowest BCUT2D eigenvalue weighted by Crippen LogP contribution is -2.50. The molecule has 1 fully saturated rings. The molecule has 0 amide bonds. The highest BCUT2D eigenvalue weighted by molar-refractivity contribution is 5.91. The number of hydrogen-bond donors (Lipinski definition) is 1. The molecule has 3 aromatic heterocycles. The van der Waals surface area contributed by atoms with Crippen LogP contribution in [0.2, 0.25) is 0 Å². The average molecular weight is 559 g/mol. The first-order valence-electron chi connectivity index (χ1n) is 12.8. The first-order chi connectivity index (χ1) is 18.9. The summed E-state index contributed by atoms with van der Waals surface area (Å²) in [5, 5.41) is 3.34. The molecule has 4 aromatic rings. The lowest BCUT2D eigenvalue weighted by molar-refractivity contribution is -0.137. The van der Waals surface area contributed by atoms with Crippen molar-refractivity contribution in [3.63, 3.8) is 0 Å². The fourth-order valence-electron chi connectivity index (χ4n) is 5.14. The van der Waals surface area contributed by atoms with E-state index in [2.05, 4.69) is 20.3 Å². The van der Waals surface area contributed by atoms with E-state index in [0.29, 0.717) is 42.6 Å². The third kappa shape index (κ3) is 4.70. The third-order valence-electron chi connectivity index (χ3n) is 7.06. The Morgan fingerprint density at radius 2 is 1.85 bits per heavy atom. The first kappa shape index (κ1) is 27.6. The van der Waals surface area contributed by atoms with Crippen LogP contribution in [0, 0.1) is 18.6 Å². The Bertz CT molecular complexity index is 1670. The Labute approximate surface area is 226 Å². The standard InChI is InChI=1S/C28H27F5N6O/c1-14(2)22-24(15(3)8-9-35-22)39-26-17(25(37-27(39)40)38-11-10-34-13-16(38)4)12-20(30)23(36-26)21-18(28(31,32)33)6-5-7-19(21)29/h5-9,12,14,16,34H,10-11,13H2,1-4H3. The van der Waals surface area contributed by atoms with Gasteiger partial charge in [0.2, 0.25) is 0 Å². The molecular weight excluding hydrogens is 531 g/mol. The predicted molar refractivity (Wildman–Crippen MR) is 142 cm³/mol. The minimum absolute atomic E-state index is 0.109. The van der Waals surface area contributed by atoms with Crippen LogP contribution in [0.15, 0.2) is 41.3 Å². The molecular formula is C28H27F5N6O. The second-order valence-corrected chi connectivity index (χ2v) is 10.2. The van der Waals surface area contributed by atoms with Crippen molar-refractivity contribution in [2.75, 3.05) is 24.5 Å². The minimum Gasteiger partial charge on any atom is -0.351 e. The molecule has 40 heavy (non-hydrogen) atoms. The van der Waals surface area contributed by atoms with E-state index in [-0.39, 0.29) is 28.8 Å². The van der Waals surface area contributed by atoms with Crippen LogP contribution in [0.1, 0.15) is 43.5 Å². The number of nitrogens with zero attached hydrogens (tertiary/aromatic N) is 5. The van der Waals surface area contributed by atoms with Crippen molar-refractivity contribution in [3.8, 4) is 16.9 Å². The van der Waals surface area contributed by atoms with Crippen molar-refractivity contribution >= 4 is 16.9 Å². The van der Waals surface area contributed by atoms with Gasteiger partial charge in [0.05, 0.1) is 27.9 Å². The molecule has 4 heterocycles. The Morgan fingerprint density at radius 1 is 1.10 bits per heavy atom. The van der Waals surface area contributed by atoms with Gasteiger partial charge in [-0.25, -0.2) is 23.1 Å². The van der Waals surface area contributed by atoms with Gasteiger partial charge in [-0.3, -0.25) is 4.98 Å². The number of anilines is 1. The van der Waals surface area contributed by atoms with Crippen LogP contribution in [0.3, 0.4) is 0 Å². The molecule has 1 saturated heterocycles. The van der Waals surface area contributed by atoms with Crippen molar-refractivity contribution in [2.24, 2.45) is 0 Å². The van der Waals surface area contributed by atoms with Crippen molar-refractivity contribution in [3.05, 3.63) is 75.5 Å². The van der Waals surface area contributed by atoms with Crippen molar-refractivity contribution in [2.45, 2.75) is 45.8 Å². The summed E-state index contributed by atoms with van der Waals surface area (Å²) >= 11 is 0. The third-order valence-corrected chi connectivity index (χ3v) is 7.06. The van der Waals surface area contributed by atoms with E-state index in [4.69, 9.17) is 0 Å². The first-order valence-corrected chi connectivity index (χ1v) is 12.8. The maximum Gasteiger partial charge on any atom is 0.417 e. The van der Waals surface area contributed by atoms with Gasteiger partial charge in [-0.1, -0.05) is 19.9 Å². The highest BCUT2D eigenvalue weighted by Gasteiger charge is 2.37. The van der Waals surface area contributed by atoms with Crippen molar-refractivity contribution < 1.29 is 22.0 Å². The van der Waals surface area contributed by atoms with Gasteiger partial charge < -0.3 is 10.2 Å². The number of benzene rings is 1. The van der Waals surface area contributed by atoms with Gasteiger partial charge >= 0.3 is 11.9 Å². The van der Waals surface area contributed by atoms with E-state index in [1.807, 2.05) is 25.7 Å². The zero-order valence-corrected chi connectivity index (χ0v) is 22.3. The zero-order valence-electron chi connectivity index (χ0n) is 22.3. The number of alkyl halides is 3. The predicted octanol–water partition coefficient (Wildman–Crippen LogP) is 5.37. The fraction of sp³-hybridized carbons (Fsp3) is 0.357. The van der Waals surface area contributed by atoms with Gasteiger partial charge in [0.1, 0.15) is 17.3 Å². The highest BCUT2D eigenvalue weighted by Crippen LogP contribution is 2.40. The van der Waals surface area contributed by atoms with E-state index in [1.54, 1.807) is 19.2 Å². The molecule has 5 rings (SSSR count). The Hall–Kier alpha value is -3.93. The molecule has 1 atom stereocenters. The molecule has 0 saturated carbocycles. The van der Waals surface area contributed by atoms with Gasteiger partial charge in [0.25, 0.3) is 0 Å². The Balaban J connectivity index is 1.94. The molecule has 1 aromatic carbocycles. The largest absolute Gasteiger partial charge is 0.417 e. The molecule has 1 N–H and O–H groups in total. The SMILES string of the molecule is Cc1ccnc(C(C)C)c1-n1c(=O)nc(N2CCNCC2C)c2cc(F)c(-c3c(F)cccc3C(F)(F)F)nc21. The number of pyridine rings is 2. The molecule has 0 spiro atoms. The molecule has 12 heteroatoms. The van der Waals surface area contributed by atoms with Gasteiger partial charge in [-0.05, 0) is 49.6 Å². The maximum atomic E-state index is 15.8. The van der Waals surface area contributed by atoms with E-state index in [1.165, 1.54) is 0 Å². The van der Waals surface area contributed by atoms with Gasteiger partial charge in [-0.15, -0.1) is 0 Å². The van der Waals surface area contributed by atoms with Gasteiger partial charge in [-0.2, -0.15) is 18.2 Å². The summed E-state index contributed by atoms with van der Waals surface area (Å²) in [5.41, 5.74) is -2.69. The highest BCUT2D eigenvalue weighted by atomic mass is 19.4. The molecule has 7 nitrogen and oxygen atoms in total. The second-order valence-electron chi connectivity index (χ2n) is 10.2. The number of rotatable bonds is 4. The number of piperazine rings is 1. The smallest absolute Gasteiger partial charge is 0.351 e. The molecule has 1 aliphatic heterocycles. The Morgan fingerprint density at radius 3 is 2.52 bits per heavy atom. The summed E-state index contributed by atoms with van der Waals surface area (Å²) in [5.74, 6) is -2.47. The number of fused-ring (bicyclic) bond motifs is 1. The minimum atomic E-state index is -4.98. The Kier molecular flexibility index (Phi) is 7.07. The van der Waals surface area contributed by atoms with Crippen LogP contribution < -0.4 is 15.9 Å². The summed E-state index contributed by atoms with van der Waals surface area (Å²) in [6.45, 7) is 8.99. The zero-order chi connectivity index (χ0) is 28.9.